The second kappa shape index (κ2) is 10.4. The first kappa shape index (κ1) is 21.3. The highest BCUT2D eigenvalue weighted by Gasteiger charge is 2.15. The van der Waals surface area contributed by atoms with Gasteiger partial charge >= 0.3 is 0 Å². The third kappa shape index (κ3) is 5.81. The molecule has 5 heteroatoms. The van der Waals surface area contributed by atoms with E-state index in [1.165, 1.54) is 11.6 Å². The van der Waals surface area contributed by atoms with Crippen LogP contribution in [-0.2, 0) is 19.6 Å². The average Bonchev–Trinajstić information content (AvgIpc) is 2.72. The Balaban J connectivity index is 1.69. The van der Waals surface area contributed by atoms with Gasteiger partial charge in [0.2, 0.25) is 0 Å². The zero-order chi connectivity index (χ0) is 20.6. The van der Waals surface area contributed by atoms with Crippen molar-refractivity contribution in [3.05, 3.63) is 93.2 Å². The van der Waals surface area contributed by atoms with E-state index in [4.69, 9.17) is 9.47 Å². The van der Waals surface area contributed by atoms with E-state index in [1.807, 2.05) is 36.4 Å². The maximum atomic E-state index is 13.8. The number of rotatable bonds is 9. The highest BCUT2D eigenvalue weighted by molar-refractivity contribution is 9.10. The summed E-state index contributed by atoms with van der Waals surface area (Å²) in [7, 11) is 1.64. The first-order valence-electron chi connectivity index (χ1n) is 9.56. The molecular weight excluding hydrogens is 433 g/mol. The predicted molar refractivity (Wildman–Crippen MR) is 118 cm³/mol. The van der Waals surface area contributed by atoms with Crippen molar-refractivity contribution in [1.29, 1.82) is 0 Å². The van der Waals surface area contributed by atoms with Gasteiger partial charge in [-0.15, -0.1) is 0 Å². The number of aryl methyl sites for hydroxylation is 1. The van der Waals surface area contributed by atoms with Gasteiger partial charge in [0.25, 0.3) is 0 Å². The van der Waals surface area contributed by atoms with Gasteiger partial charge in [-0.05, 0) is 49.2 Å². The molecule has 1 N–H and O–H groups in total. The molecule has 0 bridgehead atoms. The number of methoxy groups -OCH3 is 1. The van der Waals surface area contributed by atoms with Crippen LogP contribution in [-0.4, -0.2) is 13.7 Å². The smallest absolute Gasteiger partial charge is 0.167 e. The van der Waals surface area contributed by atoms with E-state index in [1.54, 1.807) is 13.2 Å². The lowest BCUT2D eigenvalue weighted by atomic mass is 10.1. The van der Waals surface area contributed by atoms with E-state index >= 15 is 0 Å². The summed E-state index contributed by atoms with van der Waals surface area (Å²) in [6.45, 7) is 3.75. The Labute approximate surface area is 180 Å². The average molecular weight is 458 g/mol. The SMILES string of the molecule is COc1ccc(Br)c(CNCCc2ccccc2F)c1OCc1cccc(C)c1. The van der Waals surface area contributed by atoms with Crippen LogP contribution in [0.5, 0.6) is 11.5 Å². The molecule has 0 unspecified atom stereocenters. The summed E-state index contributed by atoms with van der Waals surface area (Å²) in [6, 6.07) is 18.9. The number of ether oxygens (including phenoxy) is 2. The second-order valence-electron chi connectivity index (χ2n) is 6.85. The van der Waals surface area contributed by atoms with Gasteiger partial charge in [0.05, 0.1) is 7.11 Å². The number of benzene rings is 3. The fourth-order valence-corrected chi connectivity index (χ4v) is 3.61. The molecule has 152 valence electrons. The molecule has 3 rings (SSSR count). The van der Waals surface area contributed by atoms with Crippen molar-refractivity contribution in [2.45, 2.75) is 26.5 Å². The molecule has 0 saturated carbocycles. The van der Waals surface area contributed by atoms with Gasteiger partial charge in [-0.25, -0.2) is 4.39 Å². The van der Waals surface area contributed by atoms with Crippen LogP contribution in [0.3, 0.4) is 0 Å². The van der Waals surface area contributed by atoms with Gasteiger partial charge in [-0.3, -0.25) is 0 Å². The summed E-state index contributed by atoms with van der Waals surface area (Å²) in [5, 5.41) is 3.39. The van der Waals surface area contributed by atoms with Gasteiger partial charge in [0, 0.05) is 16.6 Å². The Kier molecular flexibility index (Phi) is 7.67. The lowest BCUT2D eigenvalue weighted by Gasteiger charge is -2.17. The quantitative estimate of drug-likeness (QED) is 0.410. The first-order chi connectivity index (χ1) is 14.1. The summed E-state index contributed by atoms with van der Waals surface area (Å²) in [4.78, 5) is 0. The molecule has 0 aromatic heterocycles. The van der Waals surface area contributed by atoms with E-state index in [2.05, 4.69) is 40.3 Å². The largest absolute Gasteiger partial charge is 0.493 e. The van der Waals surface area contributed by atoms with Gasteiger partial charge < -0.3 is 14.8 Å². The summed E-state index contributed by atoms with van der Waals surface area (Å²) in [5.41, 5.74) is 3.99. The maximum absolute atomic E-state index is 13.8. The zero-order valence-corrected chi connectivity index (χ0v) is 18.3. The Morgan fingerprint density at radius 3 is 2.62 bits per heavy atom. The van der Waals surface area contributed by atoms with Crippen LogP contribution >= 0.6 is 15.9 Å². The molecule has 0 fully saturated rings. The number of halogens is 2. The molecule has 0 aliphatic rings. The van der Waals surface area contributed by atoms with Crippen molar-refractivity contribution in [1.82, 2.24) is 5.32 Å². The van der Waals surface area contributed by atoms with Crippen LogP contribution in [0.4, 0.5) is 4.39 Å². The first-order valence-corrected chi connectivity index (χ1v) is 10.4. The minimum Gasteiger partial charge on any atom is -0.493 e. The fourth-order valence-electron chi connectivity index (χ4n) is 3.16. The minimum absolute atomic E-state index is 0.168. The Morgan fingerprint density at radius 1 is 1.03 bits per heavy atom. The van der Waals surface area contributed by atoms with Gasteiger partial charge in [0.1, 0.15) is 12.4 Å². The number of hydrogen-bond acceptors (Lipinski definition) is 3. The van der Waals surface area contributed by atoms with Gasteiger partial charge in [-0.2, -0.15) is 0 Å². The van der Waals surface area contributed by atoms with E-state index in [9.17, 15) is 4.39 Å². The van der Waals surface area contributed by atoms with Crippen LogP contribution in [0.2, 0.25) is 0 Å². The molecule has 29 heavy (non-hydrogen) atoms. The highest BCUT2D eigenvalue weighted by atomic mass is 79.9. The molecule has 3 aromatic carbocycles. The molecule has 0 aliphatic heterocycles. The molecule has 0 atom stereocenters. The van der Waals surface area contributed by atoms with Crippen molar-refractivity contribution in [2.24, 2.45) is 0 Å². The van der Waals surface area contributed by atoms with Crippen molar-refractivity contribution in [2.75, 3.05) is 13.7 Å². The van der Waals surface area contributed by atoms with Crippen LogP contribution in [0.15, 0.2) is 65.1 Å². The van der Waals surface area contributed by atoms with E-state index in [-0.39, 0.29) is 5.82 Å². The molecule has 0 amide bonds. The van der Waals surface area contributed by atoms with Crippen LogP contribution < -0.4 is 14.8 Å². The van der Waals surface area contributed by atoms with Gasteiger partial charge in [0.15, 0.2) is 11.5 Å². The monoisotopic (exact) mass is 457 g/mol. The van der Waals surface area contributed by atoms with E-state index in [0.29, 0.717) is 43.2 Å². The molecular formula is C24H25BrFNO2. The van der Waals surface area contributed by atoms with Crippen LogP contribution in [0.1, 0.15) is 22.3 Å². The Morgan fingerprint density at radius 2 is 1.86 bits per heavy atom. The van der Waals surface area contributed by atoms with Gasteiger partial charge in [-0.1, -0.05) is 64.0 Å². The van der Waals surface area contributed by atoms with E-state index in [0.717, 1.165) is 15.6 Å². The second-order valence-corrected chi connectivity index (χ2v) is 7.71. The summed E-state index contributed by atoms with van der Waals surface area (Å²) < 4.78 is 26.4. The van der Waals surface area contributed by atoms with Crippen LogP contribution in [0, 0.1) is 12.7 Å². The number of hydrogen-bond donors (Lipinski definition) is 1. The third-order valence-electron chi connectivity index (χ3n) is 4.68. The zero-order valence-electron chi connectivity index (χ0n) is 16.7. The normalized spacial score (nSPS) is 10.8. The topological polar surface area (TPSA) is 30.5 Å². The summed E-state index contributed by atoms with van der Waals surface area (Å²) >= 11 is 3.62. The number of nitrogens with one attached hydrogen (secondary N) is 1. The lowest BCUT2D eigenvalue weighted by molar-refractivity contribution is 0.280. The highest BCUT2D eigenvalue weighted by Crippen LogP contribution is 2.36. The molecule has 0 aliphatic carbocycles. The molecule has 0 spiro atoms. The molecule has 3 nitrogen and oxygen atoms in total. The van der Waals surface area contributed by atoms with Crippen molar-refractivity contribution in [3.63, 3.8) is 0 Å². The predicted octanol–water partition coefficient (Wildman–Crippen LogP) is 5.82. The maximum Gasteiger partial charge on any atom is 0.167 e. The van der Waals surface area contributed by atoms with Crippen molar-refractivity contribution in [3.8, 4) is 11.5 Å². The Hall–Kier alpha value is -2.37. The van der Waals surface area contributed by atoms with Crippen molar-refractivity contribution < 1.29 is 13.9 Å². The molecule has 0 radical (unpaired) electrons. The summed E-state index contributed by atoms with van der Waals surface area (Å²) in [5.74, 6) is 1.23. The fraction of sp³-hybridized carbons (Fsp3) is 0.250. The molecule has 0 saturated heterocycles. The van der Waals surface area contributed by atoms with E-state index < -0.39 is 0 Å². The van der Waals surface area contributed by atoms with Crippen molar-refractivity contribution >= 4 is 15.9 Å². The molecule has 3 aromatic rings. The van der Waals surface area contributed by atoms with Crippen LogP contribution in [0.25, 0.3) is 0 Å². The lowest BCUT2D eigenvalue weighted by Crippen LogP contribution is -2.18. The summed E-state index contributed by atoms with van der Waals surface area (Å²) in [6.07, 6.45) is 0.619. The standard InChI is InChI=1S/C24H25BrFNO2/c1-17-6-5-7-18(14-17)16-29-24-20(21(25)10-11-23(24)28-2)15-27-13-12-19-8-3-4-9-22(19)26/h3-11,14,27H,12-13,15-16H2,1-2H3. The minimum atomic E-state index is -0.168. The molecule has 0 heterocycles. The Bertz CT molecular complexity index is 961. The third-order valence-corrected chi connectivity index (χ3v) is 5.43.